The highest BCUT2D eigenvalue weighted by molar-refractivity contribution is 7.99. The van der Waals surface area contributed by atoms with E-state index < -0.39 is 0 Å². The van der Waals surface area contributed by atoms with Crippen LogP contribution >= 0.6 is 11.8 Å². The Morgan fingerprint density at radius 2 is 1.84 bits per heavy atom. The van der Waals surface area contributed by atoms with Crippen molar-refractivity contribution in [1.29, 1.82) is 0 Å². The molecule has 2 aliphatic heterocycles. The van der Waals surface area contributed by atoms with Crippen LogP contribution in [-0.4, -0.2) is 54.8 Å². The Hall–Kier alpha value is -2.61. The highest BCUT2D eigenvalue weighted by atomic mass is 32.2. The van der Waals surface area contributed by atoms with Gasteiger partial charge < -0.3 is 24.1 Å². The number of likely N-dealkylation sites (tertiary alicyclic amines) is 1. The predicted octanol–water partition coefficient (Wildman–Crippen LogP) is 3.20. The van der Waals surface area contributed by atoms with Crippen LogP contribution in [0.15, 0.2) is 46.1 Å². The molecule has 1 aromatic carbocycles. The number of fused-ring (bicyclic) bond motifs is 3. The molecule has 164 valence electrons. The first-order chi connectivity index (χ1) is 15.2. The van der Waals surface area contributed by atoms with E-state index in [0.29, 0.717) is 55.9 Å². The first-order valence-electron chi connectivity index (χ1n) is 10.8. The molecular formula is C23H26N2O5S. The first-order valence-corrected chi connectivity index (χ1v) is 11.8. The number of piperidine rings is 1. The summed E-state index contributed by atoms with van der Waals surface area (Å²) in [4.78, 5) is 28.2. The third-order valence-corrected chi connectivity index (χ3v) is 7.32. The van der Waals surface area contributed by atoms with E-state index in [1.807, 2.05) is 23.1 Å². The van der Waals surface area contributed by atoms with E-state index in [4.69, 9.17) is 13.9 Å². The molecule has 3 heterocycles. The Labute approximate surface area is 185 Å². The van der Waals surface area contributed by atoms with Crippen LogP contribution in [-0.2, 0) is 4.79 Å². The van der Waals surface area contributed by atoms with Gasteiger partial charge in [-0.15, -0.1) is 11.8 Å². The van der Waals surface area contributed by atoms with E-state index in [1.165, 1.54) is 12.5 Å². The van der Waals surface area contributed by atoms with Gasteiger partial charge in [-0.05, 0) is 48.9 Å². The van der Waals surface area contributed by atoms with Gasteiger partial charge in [-0.2, -0.15) is 0 Å². The first kappa shape index (κ1) is 20.3. The molecular weight excluding hydrogens is 416 g/mol. The number of ether oxygens (including phenoxy) is 2. The molecule has 2 amide bonds. The second-order valence-corrected chi connectivity index (χ2v) is 9.49. The molecule has 0 spiro atoms. The molecule has 1 N–H and O–H groups in total. The summed E-state index contributed by atoms with van der Waals surface area (Å²) < 4.78 is 16.2. The third kappa shape index (κ3) is 4.39. The van der Waals surface area contributed by atoms with Crippen LogP contribution in [0.2, 0.25) is 0 Å². The third-order valence-electron chi connectivity index (χ3n) is 6.33. The number of hydrogen-bond donors (Lipinski definition) is 1. The van der Waals surface area contributed by atoms with E-state index >= 15 is 0 Å². The summed E-state index contributed by atoms with van der Waals surface area (Å²) in [6.45, 7) is 2.53. The zero-order valence-electron chi connectivity index (χ0n) is 17.2. The Bertz CT molecular complexity index is 933. The van der Waals surface area contributed by atoms with Gasteiger partial charge in [0.2, 0.25) is 5.91 Å². The SMILES string of the molecule is O=C(CCSc1ccc2c(c1)OCCO2)NC1[C@@H]2CC[C@H]1CN(C(=O)c1ccoc1)C2. The number of carbonyl (C=O) groups excluding carboxylic acids is 2. The second kappa shape index (κ2) is 8.86. The molecule has 0 radical (unpaired) electrons. The van der Waals surface area contributed by atoms with Crippen LogP contribution in [0.3, 0.4) is 0 Å². The van der Waals surface area contributed by atoms with Crippen molar-refractivity contribution < 1.29 is 23.5 Å². The predicted molar refractivity (Wildman–Crippen MR) is 116 cm³/mol. The fourth-order valence-electron chi connectivity index (χ4n) is 4.83. The Morgan fingerprint density at radius 1 is 1.06 bits per heavy atom. The molecule has 2 bridgehead atoms. The summed E-state index contributed by atoms with van der Waals surface area (Å²) in [6, 6.07) is 7.78. The van der Waals surface area contributed by atoms with Gasteiger partial charge >= 0.3 is 0 Å². The van der Waals surface area contributed by atoms with E-state index in [2.05, 4.69) is 5.32 Å². The number of nitrogens with zero attached hydrogens (tertiary/aromatic N) is 1. The van der Waals surface area contributed by atoms with Crippen molar-refractivity contribution in [3.05, 3.63) is 42.4 Å². The number of hydrogen-bond acceptors (Lipinski definition) is 6. The second-order valence-electron chi connectivity index (χ2n) is 8.32. The fraction of sp³-hybridized carbons (Fsp3) is 0.478. The summed E-state index contributed by atoms with van der Waals surface area (Å²) >= 11 is 1.65. The number of amides is 2. The lowest BCUT2D eigenvalue weighted by molar-refractivity contribution is -0.122. The van der Waals surface area contributed by atoms with Crippen molar-refractivity contribution in [1.82, 2.24) is 10.2 Å². The zero-order valence-corrected chi connectivity index (χ0v) is 18.1. The molecule has 2 aromatic rings. The van der Waals surface area contributed by atoms with Crippen molar-refractivity contribution in [2.24, 2.45) is 11.8 Å². The van der Waals surface area contributed by atoms with Crippen LogP contribution in [0.4, 0.5) is 0 Å². The standard InChI is InChI=1S/C23H26N2O5S/c26-21(6-10-31-18-3-4-19-20(11-18)30-9-8-29-19)24-22-15-1-2-16(22)13-25(12-15)23(27)17-5-7-28-14-17/h3-5,7,11,14-16,22H,1-2,6,8-10,12-13H2,(H,24,26)/t15-,16+,22?. The van der Waals surface area contributed by atoms with Crippen molar-refractivity contribution in [3.8, 4) is 11.5 Å². The minimum absolute atomic E-state index is 0.0197. The lowest BCUT2D eigenvalue weighted by atomic mass is 9.91. The van der Waals surface area contributed by atoms with Gasteiger partial charge in [0.25, 0.3) is 5.91 Å². The normalized spacial score (nSPS) is 24.1. The van der Waals surface area contributed by atoms with Crippen LogP contribution in [0.25, 0.3) is 0 Å². The van der Waals surface area contributed by atoms with Gasteiger partial charge in [-0.3, -0.25) is 9.59 Å². The molecule has 1 unspecified atom stereocenters. The van der Waals surface area contributed by atoms with Crippen LogP contribution in [0.5, 0.6) is 11.5 Å². The molecule has 7 nitrogen and oxygen atoms in total. The number of benzene rings is 1. The molecule has 31 heavy (non-hydrogen) atoms. The van der Waals surface area contributed by atoms with Gasteiger partial charge in [0.05, 0.1) is 11.8 Å². The van der Waals surface area contributed by atoms with Gasteiger partial charge in [-0.1, -0.05) is 0 Å². The minimum atomic E-state index is 0.0197. The number of rotatable bonds is 6. The monoisotopic (exact) mass is 442 g/mol. The average molecular weight is 443 g/mol. The van der Waals surface area contributed by atoms with Gasteiger partial charge in [0.15, 0.2) is 11.5 Å². The molecule has 1 aromatic heterocycles. The summed E-state index contributed by atoms with van der Waals surface area (Å²) in [5.41, 5.74) is 0.595. The van der Waals surface area contributed by atoms with Gasteiger partial charge in [0.1, 0.15) is 19.5 Å². The molecule has 1 saturated heterocycles. The van der Waals surface area contributed by atoms with Crippen molar-refractivity contribution in [2.45, 2.75) is 30.2 Å². The number of thioether (sulfide) groups is 1. The maximum atomic E-state index is 12.6. The molecule has 8 heteroatoms. The Morgan fingerprint density at radius 3 is 2.58 bits per heavy atom. The topological polar surface area (TPSA) is 81.0 Å². The summed E-state index contributed by atoms with van der Waals surface area (Å²) in [7, 11) is 0. The largest absolute Gasteiger partial charge is 0.486 e. The minimum Gasteiger partial charge on any atom is -0.486 e. The average Bonchev–Trinajstić information content (AvgIpc) is 3.39. The number of carbonyl (C=O) groups is 2. The van der Waals surface area contributed by atoms with E-state index in [9.17, 15) is 9.59 Å². The summed E-state index contributed by atoms with van der Waals surface area (Å²) in [5.74, 6) is 3.01. The summed E-state index contributed by atoms with van der Waals surface area (Å²) in [6.07, 6.45) is 5.59. The molecule has 1 saturated carbocycles. The Kier molecular flexibility index (Phi) is 5.80. The Balaban J connectivity index is 1.10. The summed E-state index contributed by atoms with van der Waals surface area (Å²) in [5, 5.41) is 3.26. The zero-order chi connectivity index (χ0) is 21.2. The number of nitrogens with one attached hydrogen (secondary N) is 1. The molecule has 3 atom stereocenters. The fourth-order valence-corrected chi connectivity index (χ4v) is 5.70. The highest BCUT2D eigenvalue weighted by Crippen LogP contribution is 2.38. The smallest absolute Gasteiger partial charge is 0.257 e. The maximum Gasteiger partial charge on any atom is 0.257 e. The lowest BCUT2D eigenvalue weighted by Crippen LogP contribution is -2.54. The molecule has 3 aliphatic rings. The van der Waals surface area contributed by atoms with Crippen LogP contribution in [0.1, 0.15) is 29.6 Å². The van der Waals surface area contributed by atoms with Crippen molar-refractivity contribution in [3.63, 3.8) is 0 Å². The van der Waals surface area contributed by atoms with E-state index in [1.54, 1.807) is 17.8 Å². The maximum absolute atomic E-state index is 12.6. The van der Waals surface area contributed by atoms with Crippen molar-refractivity contribution >= 4 is 23.6 Å². The van der Waals surface area contributed by atoms with Gasteiger partial charge in [0, 0.05) is 36.2 Å². The molecule has 1 aliphatic carbocycles. The quantitative estimate of drug-likeness (QED) is 0.692. The lowest BCUT2D eigenvalue weighted by Gasteiger charge is -2.38. The van der Waals surface area contributed by atoms with Crippen LogP contribution in [0, 0.1) is 11.8 Å². The molecule has 5 rings (SSSR count). The van der Waals surface area contributed by atoms with Gasteiger partial charge in [-0.25, -0.2) is 0 Å². The van der Waals surface area contributed by atoms with Crippen molar-refractivity contribution in [2.75, 3.05) is 32.1 Å². The highest BCUT2D eigenvalue weighted by Gasteiger charge is 2.44. The number of furan rings is 1. The van der Waals surface area contributed by atoms with Crippen LogP contribution < -0.4 is 14.8 Å². The van der Waals surface area contributed by atoms with E-state index in [-0.39, 0.29) is 17.9 Å². The molecule has 2 fully saturated rings. The van der Waals surface area contributed by atoms with E-state index in [0.717, 1.165) is 29.2 Å².